The van der Waals surface area contributed by atoms with Crippen molar-refractivity contribution in [1.29, 1.82) is 0 Å². The number of rotatable bonds is 10. The molecule has 0 aromatic heterocycles. The summed E-state index contributed by atoms with van der Waals surface area (Å²) in [6.07, 6.45) is 4.63. The van der Waals surface area contributed by atoms with Crippen molar-refractivity contribution in [1.82, 2.24) is 0 Å². The zero-order valence-corrected chi connectivity index (χ0v) is 20.5. The summed E-state index contributed by atoms with van der Waals surface area (Å²) in [5.74, 6) is -2.68. The topological polar surface area (TPSA) is 74.6 Å². The van der Waals surface area contributed by atoms with E-state index in [2.05, 4.69) is 0 Å². The van der Waals surface area contributed by atoms with Crippen molar-refractivity contribution in [3.05, 3.63) is 111 Å². The molecule has 0 spiro atoms. The highest BCUT2D eigenvalue weighted by Gasteiger charge is 2.49. The maximum Gasteiger partial charge on any atom is 0.303 e. The predicted molar refractivity (Wildman–Crippen MR) is 139 cm³/mol. The lowest BCUT2D eigenvalue weighted by Crippen LogP contribution is -2.44. The number of carboxylic acids is 2. The molecule has 0 aliphatic heterocycles. The molecule has 0 saturated carbocycles. The number of carbonyl (C=O) groups is 2. The van der Waals surface area contributed by atoms with Crippen LogP contribution in [0, 0.1) is 11.8 Å². The van der Waals surface area contributed by atoms with Gasteiger partial charge in [-0.15, -0.1) is 0 Å². The van der Waals surface area contributed by atoms with Crippen molar-refractivity contribution in [2.45, 2.75) is 31.1 Å². The summed E-state index contributed by atoms with van der Waals surface area (Å²) in [7, 11) is 0. The summed E-state index contributed by atoms with van der Waals surface area (Å²) in [6.45, 7) is 0. The molecule has 1 aliphatic carbocycles. The minimum atomic E-state index is -0.930. The van der Waals surface area contributed by atoms with Crippen LogP contribution in [0.3, 0.4) is 0 Å². The third kappa shape index (κ3) is 5.44. The number of carboxylic acid groups (broad SMARTS) is 2. The Bertz CT molecular complexity index is 1180. The normalized spacial score (nSPS) is 18.1. The van der Waals surface area contributed by atoms with Crippen LogP contribution < -0.4 is 0 Å². The fourth-order valence-electron chi connectivity index (χ4n) is 5.48. The average molecular weight is 509 g/mol. The molecule has 0 bridgehead atoms. The Morgan fingerprint density at radius 2 is 1.20 bits per heavy atom. The highest BCUT2D eigenvalue weighted by molar-refractivity contribution is 6.42. The molecule has 3 aromatic rings. The van der Waals surface area contributed by atoms with Gasteiger partial charge in [-0.2, -0.15) is 0 Å². The van der Waals surface area contributed by atoms with Gasteiger partial charge in [0, 0.05) is 18.3 Å². The first-order chi connectivity index (χ1) is 16.8. The molecule has 4 nitrogen and oxygen atoms in total. The van der Waals surface area contributed by atoms with Crippen LogP contribution in [0.4, 0.5) is 0 Å². The minimum absolute atomic E-state index is 0.121. The van der Waals surface area contributed by atoms with E-state index in [1.165, 1.54) is 0 Å². The Balaban J connectivity index is 1.92. The monoisotopic (exact) mass is 508 g/mol. The fraction of sp³-hybridized carbons (Fsp3) is 0.241. The zero-order chi connectivity index (χ0) is 25.0. The van der Waals surface area contributed by atoms with Crippen LogP contribution in [-0.2, 0) is 27.8 Å². The highest BCUT2D eigenvalue weighted by atomic mass is 35.5. The second kappa shape index (κ2) is 10.7. The van der Waals surface area contributed by atoms with Crippen LogP contribution in [-0.4, -0.2) is 22.2 Å². The Labute approximate surface area is 214 Å². The molecule has 2 unspecified atom stereocenters. The molecule has 0 radical (unpaired) electrons. The summed E-state index contributed by atoms with van der Waals surface area (Å²) in [4.78, 5) is 24.3. The molecule has 0 amide bonds. The van der Waals surface area contributed by atoms with Crippen molar-refractivity contribution < 1.29 is 19.8 Å². The predicted octanol–water partition coefficient (Wildman–Crippen LogP) is 6.93. The molecule has 180 valence electrons. The van der Waals surface area contributed by atoms with Gasteiger partial charge in [-0.1, -0.05) is 96.0 Å². The Hall–Kier alpha value is -3.08. The molecule has 4 rings (SSSR count). The van der Waals surface area contributed by atoms with Gasteiger partial charge < -0.3 is 10.2 Å². The molecule has 2 atom stereocenters. The molecular formula is C29H26Cl2O4. The van der Waals surface area contributed by atoms with Gasteiger partial charge in [-0.05, 0) is 59.1 Å². The quantitative estimate of drug-likeness (QED) is 0.311. The molecule has 0 heterocycles. The molecule has 0 saturated heterocycles. The Morgan fingerprint density at radius 1 is 0.743 bits per heavy atom. The van der Waals surface area contributed by atoms with E-state index >= 15 is 0 Å². The Morgan fingerprint density at radius 3 is 1.66 bits per heavy atom. The second-order valence-electron chi connectivity index (χ2n) is 9.09. The summed E-state index contributed by atoms with van der Waals surface area (Å²) in [5.41, 5.74) is 2.79. The Kier molecular flexibility index (Phi) is 7.63. The van der Waals surface area contributed by atoms with Gasteiger partial charge in [0.15, 0.2) is 0 Å². The minimum Gasteiger partial charge on any atom is -0.481 e. The molecular weight excluding hydrogens is 483 g/mol. The summed E-state index contributed by atoms with van der Waals surface area (Å²) >= 11 is 12.8. The largest absolute Gasteiger partial charge is 0.481 e. The van der Waals surface area contributed by atoms with Gasteiger partial charge in [0.25, 0.3) is 0 Å². The zero-order valence-electron chi connectivity index (χ0n) is 19.0. The van der Waals surface area contributed by atoms with Crippen molar-refractivity contribution in [2.24, 2.45) is 11.8 Å². The molecule has 1 aliphatic rings. The smallest absolute Gasteiger partial charge is 0.303 e. The average Bonchev–Trinajstić information content (AvgIpc) is 3.18. The first-order valence-corrected chi connectivity index (χ1v) is 12.3. The van der Waals surface area contributed by atoms with E-state index in [0.717, 1.165) is 22.3 Å². The van der Waals surface area contributed by atoms with Crippen LogP contribution in [0.1, 0.15) is 35.1 Å². The standard InChI is InChI=1S/C29H26Cl2O4/c30-25-15-21-11-12-29(24(21)18-26(25)31,22(16-27(32)33)13-19-7-3-1-4-8-19)23(17-28(34)35)14-20-9-5-2-6-10-20/h1-12,15,18,22-23H,13-14,16-17H2,(H,32,33)(H,34,35). The third-order valence-corrected chi connectivity index (χ3v) is 7.66. The number of halogens is 2. The summed E-state index contributed by atoms with van der Waals surface area (Å²) in [6, 6.07) is 23.0. The van der Waals surface area contributed by atoms with Gasteiger partial charge in [0.1, 0.15) is 0 Å². The van der Waals surface area contributed by atoms with E-state index in [-0.39, 0.29) is 12.8 Å². The van der Waals surface area contributed by atoms with Crippen LogP contribution in [0.5, 0.6) is 0 Å². The number of hydrogen-bond donors (Lipinski definition) is 2. The molecule has 2 N–H and O–H groups in total. The van der Waals surface area contributed by atoms with E-state index < -0.39 is 29.2 Å². The molecule has 3 aromatic carbocycles. The lowest BCUT2D eigenvalue weighted by Gasteiger charge is -2.43. The maximum atomic E-state index is 12.1. The maximum absolute atomic E-state index is 12.1. The number of hydrogen-bond acceptors (Lipinski definition) is 2. The van der Waals surface area contributed by atoms with E-state index in [0.29, 0.717) is 22.9 Å². The molecule has 35 heavy (non-hydrogen) atoms. The van der Waals surface area contributed by atoms with Crippen molar-refractivity contribution >= 4 is 41.2 Å². The third-order valence-electron chi connectivity index (χ3n) is 6.94. The number of aliphatic carboxylic acids is 2. The number of fused-ring (bicyclic) bond motifs is 1. The fourth-order valence-corrected chi connectivity index (χ4v) is 5.81. The lowest BCUT2D eigenvalue weighted by molar-refractivity contribution is -0.139. The first kappa shape index (κ1) is 25.0. The number of allylic oxidation sites excluding steroid dienone is 1. The van der Waals surface area contributed by atoms with Gasteiger partial charge in [-0.25, -0.2) is 0 Å². The molecule has 6 heteroatoms. The number of benzene rings is 3. The summed E-state index contributed by atoms with van der Waals surface area (Å²) < 4.78 is 0. The van der Waals surface area contributed by atoms with Gasteiger partial charge in [-0.3, -0.25) is 9.59 Å². The van der Waals surface area contributed by atoms with E-state index in [9.17, 15) is 19.8 Å². The van der Waals surface area contributed by atoms with Crippen molar-refractivity contribution in [3.63, 3.8) is 0 Å². The summed E-state index contributed by atoms with van der Waals surface area (Å²) in [5, 5.41) is 20.7. The first-order valence-electron chi connectivity index (χ1n) is 11.5. The SMILES string of the molecule is O=C(O)CC(Cc1ccccc1)C1(C(CC(=O)O)Cc2ccccc2)C=Cc2cc(Cl)c(Cl)cc21. The van der Waals surface area contributed by atoms with Crippen LogP contribution in [0.2, 0.25) is 10.0 Å². The lowest BCUT2D eigenvalue weighted by atomic mass is 9.59. The molecule has 0 fully saturated rings. The van der Waals surface area contributed by atoms with Gasteiger partial charge in [0.05, 0.1) is 10.0 Å². The van der Waals surface area contributed by atoms with E-state index in [4.69, 9.17) is 23.2 Å². The van der Waals surface area contributed by atoms with Gasteiger partial charge in [0.2, 0.25) is 0 Å². The highest BCUT2D eigenvalue weighted by Crippen LogP contribution is 2.53. The van der Waals surface area contributed by atoms with Crippen molar-refractivity contribution in [2.75, 3.05) is 0 Å². The van der Waals surface area contributed by atoms with Crippen LogP contribution >= 0.6 is 23.2 Å². The van der Waals surface area contributed by atoms with Crippen LogP contribution in [0.15, 0.2) is 78.9 Å². The van der Waals surface area contributed by atoms with E-state index in [1.807, 2.05) is 72.8 Å². The van der Waals surface area contributed by atoms with Crippen molar-refractivity contribution in [3.8, 4) is 0 Å². The van der Waals surface area contributed by atoms with E-state index in [1.54, 1.807) is 12.1 Å². The van der Waals surface area contributed by atoms with Gasteiger partial charge >= 0.3 is 11.9 Å². The second-order valence-corrected chi connectivity index (χ2v) is 9.90. The van der Waals surface area contributed by atoms with Crippen LogP contribution in [0.25, 0.3) is 6.08 Å².